The normalized spacial score (nSPS) is 12.1. The number of benzene rings is 3. The molecular formula is C25H28N2O4S. The van der Waals surface area contributed by atoms with Gasteiger partial charge in [0.15, 0.2) is 0 Å². The Labute approximate surface area is 189 Å². The van der Waals surface area contributed by atoms with Crippen molar-refractivity contribution < 1.29 is 17.9 Å². The van der Waals surface area contributed by atoms with E-state index in [0.29, 0.717) is 17.9 Å². The Morgan fingerprint density at radius 2 is 1.62 bits per heavy atom. The summed E-state index contributed by atoms with van der Waals surface area (Å²) >= 11 is 0. The summed E-state index contributed by atoms with van der Waals surface area (Å²) in [6.45, 7) is 8.09. The minimum Gasteiger partial charge on any atom is -0.494 e. The topological polar surface area (TPSA) is 84.5 Å². The minimum atomic E-state index is -3.76. The second-order valence-electron chi connectivity index (χ2n) is 7.65. The summed E-state index contributed by atoms with van der Waals surface area (Å²) in [6.07, 6.45) is 0. The number of sulfonamides is 1. The summed E-state index contributed by atoms with van der Waals surface area (Å²) in [5.41, 5.74) is 3.37. The summed E-state index contributed by atoms with van der Waals surface area (Å²) in [6, 6.07) is 18.9. The molecule has 0 aliphatic rings. The molecule has 0 heterocycles. The molecule has 0 saturated heterocycles. The molecule has 3 aromatic rings. The van der Waals surface area contributed by atoms with Crippen LogP contribution in [0.4, 0.5) is 5.69 Å². The van der Waals surface area contributed by atoms with Crippen molar-refractivity contribution in [3.63, 3.8) is 0 Å². The largest absolute Gasteiger partial charge is 0.494 e. The zero-order valence-electron chi connectivity index (χ0n) is 18.7. The Morgan fingerprint density at radius 3 is 2.25 bits per heavy atom. The van der Waals surface area contributed by atoms with Crippen LogP contribution in [-0.4, -0.2) is 20.9 Å². The van der Waals surface area contributed by atoms with Crippen molar-refractivity contribution in [1.82, 2.24) is 5.32 Å². The first-order chi connectivity index (χ1) is 15.2. The predicted octanol–water partition coefficient (Wildman–Crippen LogP) is 4.99. The van der Waals surface area contributed by atoms with Gasteiger partial charge in [-0.2, -0.15) is 0 Å². The Balaban J connectivity index is 1.75. The second-order valence-corrected chi connectivity index (χ2v) is 9.33. The van der Waals surface area contributed by atoms with Gasteiger partial charge in [-0.3, -0.25) is 9.52 Å². The van der Waals surface area contributed by atoms with Crippen LogP contribution in [-0.2, 0) is 10.0 Å². The standard InChI is InChI=1S/C25H28N2O4S/c1-5-31-22-12-10-20(11-13-22)19(4)26-25(28)21-9-8-18(3)24(16-21)27-32(29,30)23-14-6-17(2)7-15-23/h6-16,19,27H,5H2,1-4H3,(H,26,28). The van der Waals surface area contributed by atoms with E-state index < -0.39 is 10.0 Å². The molecule has 3 rings (SSSR count). The molecule has 0 aliphatic heterocycles. The van der Waals surface area contributed by atoms with Crippen molar-refractivity contribution in [3.8, 4) is 5.75 Å². The molecule has 7 heteroatoms. The van der Waals surface area contributed by atoms with Crippen molar-refractivity contribution in [2.24, 2.45) is 0 Å². The van der Waals surface area contributed by atoms with Crippen molar-refractivity contribution in [2.75, 3.05) is 11.3 Å². The average Bonchev–Trinajstić information content (AvgIpc) is 2.76. The minimum absolute atomic E-state index is 0.168. The lowest BCUT2D eigenvalue weighted by atomic mass is 10.1. The lowest BCUT2D eigenvalue weighted by molar-refractivity contribution is 0.0940. The maximum atomic E-state index is 12.8. The zero-order valence-corrected chi connectivity index (χ0v) is 19.5. The number of anilines is 1. The van der Waals surface area contributed by atoms with Gasteiger partial charge in [-0.25, -0.2) is 8.42 Å². The first-order valence-corrected chi connectivity index (χ1v) is 11.9. The van der Waals surface area contributed by atoms with E-state index in [4.69, 9.17) is 4.74 Å². The first kappa shape index (κ1) is 23.3. The van der Waals surface area contributed by atoms with Gasteiger partial charge in [0, 0.05) is 5.56 Å². The van der Waals surface area contributed by atoms with Gasteiger partial charge < -0.3 is 10.1 Å². The number of aryl methyl sites for hydroxylation is 2. The number of ether oxygens (including phenoxy) is 1. The molecule has 0 bridgehead atoms. The van der Waals surface area contributed by atoms with Gasteiger partial charge in [0.05, 0.1) is 23.2 Å². The molecule has 1 unspecified atom stereocenters. The number of rotatable bonds is 8. The van der Waals surface area contributed by atoms with Crippen LogP contribution in [0.1, 0.15) is 46.9 Å². The van der Waals surface area contributed by atoms with Crippen molar-refractivity contribution in [2.45, 2.75) is 38.6 Å². The fourth-order valence-corrected chi connectivity index (χ4v) is 4.30. The van der Waals surface area contributed by atoms with E-state index in [1.165, 1.54) is 0 Å². The fourth-order valence-electron chi connectivity index (χ4n) is 3.18. The molecule has 0 aromatic heterocycles. The van der Waals surface area contributed by atoms with Crippen LogP contribution >= 0.6 is 0 Å². The van der Waals surface area contributed by atoms with E-state index in [9.17, 15) is 13.2 Å². The maximum Gasteiger partial charge on any atom is 0.261 e. The first-order valence-electron chi connectivity index (χ1n) is 10.4. The third-order valence-corrected chi connectivity index (χ3v) is 6.50. The number of amides is 1. The lowest BCUT2D eigenvalue weighted by Crippen LogP contribution is -2.26. The van der Waals surface area contributed by atoms with Gasteiger partial charge in [0.1, 0.15) is 5.75 Å². The molecule has 0 saturated carbocycles. The van der Waals surface area contributed by atoms with Crippen molar-refractivity contribution in [1.29, 1.82) is 0 Å². The number of hydrogen-bond donors (Lipinski definition) is 2. The van der Waals surface area contributed by atoms with Gasteiger partial charge in [0.25, 0.3) is 15.9 Å². The van der Waals surface area contributed by atoms with Gasteiger partial charge in [0.2, 0.25) is 0 Å². The molecular weight excluding hydrogens is 424 g/mol. The van der Waals surface area contributed by atoms with Gasteiger partial charge in [-0.05, 0) is 75.2 Å². The number of carbonyl (C=O) groups is 1. The van der Waals surface area contributed by atoms with E-state index in [2.05, 4.69) is 10.0 Å². The van der Waals surface area contributed by atoms with Crippen LogP contribution in [0.15, 0.2) is 71.6 Å². The third-order valence-electron chi connectivity index (χ3n) is 5.11. The molecule has 3 aromatic carbocycles. The van der Waals surface area contributed by atoms with Gasteiger partial charge in [-0.1, -0.05) is 35.9 Å². The van der Waals surface area contributed by atoms with Crippen LogP contribution in [0.25, 0.3) is 0 Å². The zero-order chi connectivity index (χ0) is 23.3. The summed E-state index contributed by atoms with van der Waals surface area (Å²) in [4.78, 5) is 13.0. The predicted molar refractivity (Wildman–Crippen MR) is 127 cm³/mol. The van der Waals surface area contributed by atoms with E-state index in [1.54, 1.807) is 49.4 Å². The van der Waals surface area contributed by atoms with Crippen LogP contribution in [0.3, 0.4) is 0 Å². The monoisotopic (exact) mass is 452 g/mol. The highest BCUT2D eigenvalue weighted by Crippen LogP contribution is 2.23. The van der Waals surface area contributed by atoms with Crippen molar-refractivity contribution in [3.05, 3.63) is 89.0 Å². The fraction of sp³-hybridized carbons (Fsp3) is 0.240. The molecule has 0 radical (unpaired) electrons. The summed E-state index contributed by atoms with van der Waals surface area (Å²) in [5, 5.41) is 2.95. The summed E-state index contributed by atoms with van der Waals surface area (Å²) < 4.78 is 33.6. The van der Waals surface area contributed by atoms with Crippen LogP contribution in [0.5, 0.6) is 5.75 Å². The molecule has 1 atom stereocenters. The van der Waals surface area contributed by atoms with E-state index in [0.717, 1.165) is 22.4 Å². The Morgan fingerprint density at radius 1 is 0.969 bits per heavy atom. The molecule has 168 valence electrons. The van der Waals surface area contributed by atoms with Gasteiger partial charge in [-0.15, -0.1) is 0 Å². The highest BCUT2D eigenvalue weighted by molar-refractivity contribution is 7.92. The van der Waals surface area contributed by atoms with Crippen LogP contribution in [0.2, 0.25) is 0 Å². The van der Waals surface area contributed by atoms with Crippen molar-refractivity contribution >= 4 is 21.6 Å². The Bertz CT molecular complexity index is 1190. The maximum absolute atomic E-state index is 12.8. The van der Waals surface area contributed by atoms with E-state index in [-0.39, 0.29) is 16.8 Å². The second kappa shape index (κ2) is 9.87. The highest BCUT2D eigenvalue weighted by Gasteiger charge is 2.17. The molecule has 6 nitrogen and oxygen atoms in total. The highest BCUT2D eigenvalue weighted by atomic mass is 32.2. The van der Waals surface area contributed by atoms with Crippen LogP contribution < -0.4 is 14.8 Å². The van der Waals surface area contributed by atoms with E-state index >= 15 is 0 Å². The molecule has 0 spiro atoms. The Kier molecular flexibility index (Phi) is 7.20. The number of hydrogen-bond acceptors (Lipinski definition) is 4. The van der Waals surface area contributed by atoms with Crippen LogP contribution in [0, 0.1) is 13.8 Å². The SMILES string of the molecule is CCOc1ccc(C(C)NC(=O)c2ccc(C)c(NS(=O)(=O)c3ccc(C)cc3)c2)cc1. The van der Waals surface area contributed by atoms with Gasteiger partial charge >= 0.3 is 0 Å². The summed E-state index contributed by atoms with van der Waals surface area (Å²) in [5.74, 6) is 0.487. The molecule has 0 fully saturated rings. The van der Waals surface area contributed by atoms with E-state index in [1.807, 2.05) is 45.0 Å². The number of carbonyl (C=O) groups excluding carboxylic acids is 1. The Hall–Kier alpha value is -3.32. The summed E-state index contributed by atoms with van der Waals surface area (Å²) in [7, 11) is -3.76. The lowest BCUT2D eigenvalue weighted by Gasteiger charge is -2.16. The smallest absolute Gasteiger partial charge is 0.261 e. The molecule has 0 aliphatic carbocycles. The quantitative estimate of drug-likeness (QED) is 0.504. The molecule has 1 amide bonds. The molecule has 2 N–H and O–H groups in total. The number of nitrogens with one attached hydrogen (secondary N) is 2. The molecule has 32 heavy (non-hydrogen) atoms. The average molecular weight is 453 g/mol. The third kappa shape index (κ3) is 5.68.